The van der Waals surface area contributed by atoms with Crippen molar-refractivity contribution in [3.63, 3.8) is 0 Å². The highest BCUT2D eigenvalue weighted by atomic mass is 16.6. The summed E-state index contributed by atoms with van der Waals surface area (Å²) in [6.07, 6.45) is 74.5. The molecule has 0 radical (unpaired) electrons. The first kappa shape index (κ1) is 63.1. The van der Waals surface area contributed by atoms with Gasteiger partial charge in [0.1, 0.15) is 6.61 Å². The van der Waals surface area contributed by atoms with E-state index in [0.717, 1.165) is 96.3 Å². The Bertz CT molecular complexity index is 1220. The topological polar surface area (TPSA) is 61.8 Å². The zero-order chi connectivity index (χ0) is 47.7. The van der Waals surface area contributed by atoms with Gasteiger partial charge < -0.3 is 14.2 Å². The normalized spacial score (nSPS) is 12.8. The quantitative estimate of drug-likeness (QED) is 0.0346. The number of esters is 2. The van der Waals surface area contributed by atoms with Gasteiger partial charge in [0.05, 0.1) is 6.61 Å². The molecule has 380 valence electrons. The fourth-order valence-electron chi connectivity index (χ4n) is 7.70. The predicted octanol–water partition coefficient (Wildman–Crippen LogP) is 19.2. The summed E-state index contributed by atoms with van der Waals surface area (Å²) in [6.45, 7) is 7.66. The first-order valence-corrected chi connectivity index (χ1v) is 28.1. The Kier molecular flexibility index (Phi) is 53.9. The molecule has 0 aromatic rings. The van der Waals surface area contributed by atoms with Crippen LogP contribution in [0.4, 0.5) is 0 Å². The summed E-state index contributed by atoms with van der Waals surface area (Å²) in [5.74, 6) is -0.423. The average Bonchev–Trinajstić information content (AvgIpc) is 3.32. The van der Waals surface area contributed by atoms with E-state index >= 15 is 0 Å². The monoisotopic (exact) mass is 919 g/mol. The summed E-state index contributed by atoms with van der Waals surface area (Å²) in [5.41, 5.74) is 0. The first-order valence-electron chi connectivity index (χ1n) is 28.1. The van der Waals surface area contributed by atoms with E-state index in [2.05, 4.69) is 106 Å². The maximum Gasteiger partial charge on any atom is 0.306 e. The fraction of sp³-hybridized carbons (Fsp3) is 0.738. The Labute approximate surface area is 409 Å². The summed E-state index contributed by atoms with van der Waals surface area (Å²) in [4.78, 5) is 25.5. The van der Waals surface area contributed by atoms with E-state index in [0.29, 0.717) is 19.4 Å². The van der Waals surface area contributed by atoms with Gasteiger partial charge in [0.25, 0.3) is 0 Å². The van der Waals surface area contributed by atoms with Crippen molar-refractivity contribution in [1.82, 2.24) is 0 Å². The number of allylic oxidation sites excluding steroid dienone is 14. The van der Waals surface area contributed by atoms with E-state index in [9.17, 15) is 9.59 Å². The van der Waals surface area contributed by atoms with Crippen LogP contribution in [-0.4, -0.2) is 37.9 Å². The Morgan fingerprint density at radius 2 is 0.682 bits per heavy atom. The first-order chi connectivity index (χ1) is 32.6. The molecule has 0 aliphatic carbocycles. The molecule has 0 spiro atoms. The molecule has 5 nitrogen and oxygen atoms in total. The number of carbonyl (C=O) groups is 2. The number of ether oxygens (including phenoxy) is 3. The SMILES string of the molecule is CC/C=C\C/C=C\C/C=C\C/C=C\CCCCCCCCC(=O)OCC(COCCCCCCCCCC/C=C\C/C=C\CCCCC)OC(=O)CCCCCCC/C=C\CCCCCC. The molecule has 1 unspecified atom stereocenters. The number of hydrogen-bond donors (Lipinski definition) is 0. The van der Waals surface area contributed by atoms with Crippen LogP contribution in [0.15, 0.2) is 85.1 Å². The maximum absolute atomic E-state index is 12.8. The molecule has 0 aliphatic rings. The molecule has 0 fully saturated rings. The third kappa shape index (κ3) is 53.7. The summed E-state index contributed by atoms with van der Waals surface area (Å²) in [6, 6.07) is 0. The standard InChI is InChI=1S/C61H106O5/c1-4-7-10-13-16-19-22-25-27-29-31-32-34-37-39-42-45-48-51-54-60(62)65-58-59(66-61(63)55-52-49-46-43-40-36-24-21-18-15-12-9-6-3)57-64-56-53-50-47-44-41-38-35-33-30-28-26-23-20-17-14-11-8-5-2/h7,10,16-17,19-21,24-28,31-32,59H,4-6,8-9,11-15,18,22-23,29-30,33-58H2,1-3H3/b10-7-,19-16-,20-17-,24-21-,27-25-,28-26-,32-31-. The Hall–Kier alpha value is -2.92. The molecule has 0 aromatic carbocycles. The van der Waals surface area contributed by atoms with Crippen molar-refractivity contribution in [1.29, 1.82) is 0 Å². The van der Waals surface area contributed by atoms with Crippen molar-refractivity contribution >= 4 is 11.9 Å². The smallest absolute Gasteiger partial charge is 0.306 e. The van der Waals surface area contributed by atoms with Gasteiger partial charge in [-0.25, -0.2) is 0 Å². The molecular formula is C61H106O5. The van der Waals surface area contributed by atoms with E-state index in [1.165, 1.54) is 135 Å². The fourth-order valence-corrected chi connectivity index (χ4v) is 7.70. The zero-order valence-corrected chi connectivity index (χ0v) is 43.7. The van der Waals surface area contributed by atoms with E-state index in [1.54, 1.807) is 0 Å². The van der Waals surface area contributed by atoms with Crippen LogP contribution >= 0.6 is 0 Å². The van der Waals surface area contributed by atoms with Crippen molar-refractivity contribution in [3.05, 3.63) is 85.1 Å². The molecule has 0 amide bonds. The van der Waals surface area contributed by atoms with Gasteiger partial charge in [-0.2, -0.15) is 0 Å². The molecule has 1 atom stereocenters. The molecule has 5 heteroatoms. The van der Waals surface area contributed by atoms with Crippen molar-refractivity contribution in [2.45, 2.75) is 271 Å². The van der Waals surface area contributed by atoms with Crippen molar-refractivity contribution in [2.75, 3.05) is 19.8 Å². The molecule has 0 heterocycles. The second-order valence-corrected chi connectivity index (χ2v) is 18.4. The van der Waals surface area contributed by atoms with Crippen LogP contribution in [0.1, 0.15) is 265 Å². The Morgan fingerprint density at radius 1 is 0.348 bits per heavy atom. The highest BCUT2D eigenvalue weighted by Crippen LogP contribution is 2.14. The van der Waals surface area contributed by atoms with Crippen LogP contribution in [0, 0.1) is 0 Å². The molecule has 0 saturated heterocycles. The third-order valence-corrected chi connectivity index (χ3v) is 11.9. The highest BCUT2D eigenvalue weighted by molar-refractivity contribution is 5.70. The van der Waals surface area contributed by atoms with Gasteiger partial charge in [-0.1, -0.05) is 221 Å². The summed E-state index contributed by atoms with van der Waals surface area (Å²) in [5, 5.41) is 0. The van der Waals surface area contributed by atoms with Crippen molar-refractivity contribution in [2.24, 2.45) is 0 Å². The van der Waals surface area contributed by atoms with Crippen molar-refractivity contribution < 1.29 is 23.8 Å². The molecule has 0 bridgehead atoms. The van der Waals surface area contributed by atoms with Gasteiger partial charge in [-0.15, -0.1) is 0 Å². The van der Waals surface area contributed by atoms with Gasteiger partial charge >= 0.3 is 11.9 Å². The number of rotatable bonds is 51. The largest absolute Gasteiger partial charge is 0.462 e. The van der Waals surface area contributed by atoms with Crippen LogP contribution in [0.2, 0.25) is 0 Å². The molecule has 66 heavy (non-hydrogen) atoms. The van der Waals surface area contributed by atoms with Crippen LogP contribution in [-0.2, 0) is 23.8 Å². The van der Waals surface area contributed by atoms with Gasteiger partial charge in [0.2, 0.25) is 0 Å². The van der Waals surface area contributed by atoms with Crippen LogP contribution < -0.4 is 0 Å². The minimum Gasteiger partial charge on any atom is -0.462 e. The lowest BCUT2D eigenvalue weighted by atomic mass is 10.1. The third-order valence-electron chi connectivity index (χ3n) is 11.9. The lowest BCUT2D eigenvalue weighted by molar-refractivity contribution is -0.163. The van der Waals surface area contributed by atoms with E-state index < -0.39 is 6.10 Å². The summed E-state index contributed by atoms with van der Waals surface area (Å²) < 4.78 is 17.4. The van der Waals surface area contributed by atoms with E-state index in [4.69, 9.17) is 14.2 Å². The van der Waals surface area contributed by atoms with Gasteiger partial charge in [0.15, 0.2) is 6.10 Å². The highest BCUT2D eigenvalue weighted by Gasteiger charge is 2.17. The maximum atomic E-state index is 12.8. The van der Waals surface area contributed by atoms with Gasteiger partial charge in [0, 0.05) is 19.4 Å². The lowest BCUT2D eigenvalue weighted by Crippen LogP contribution is -2.30. The Morgan fingerprint density at radius 3 is 1.14 bits per heavy atom. The average molecular weight is 920 g/mol. The predicted molar refractivity (Wildman–Crippen MR) is 288 cm³/mol. The molecule has 0 saturated carbocycles. The van der Waals surface area contributed by atoms with E-state index in [-0.39, 0.29) is 25.2 Å². The number of hydrogen-bond acceptors (Lipinski definition) is 5. The summed E-state index contributed by atoms with van der Waals surface area (Å²) >= 11 is 0. The second kappa shape index (κ2) is 56.4. The van der Waals surface area contributed by atoms with Crippen LogP contribution in [0.3, 0.4) is 0 Å². The number of unbranched alkanes of at least 4 members (excludes halogenated alkanes) is 26. The summed E-state index contributed by atoms with van der Waals surface area (Å²) in [7, 11) is 0. The zero-order valence-electron chi connectivity index (χ0n) is 43.7. The van der Waals surface area contributed by atoms with Crippen LogP contribution in [0.5, 0.6) is 0 Å². The van der Waals surface area contributed by atoms with Gasteiger partial charge in [-0.3, -0.25) is 9.59 Å². The van der Waals surface area contributed by atoms with E-state index in [1.807, 2.05) is 0 Å². The minimum atomic E-state index is -0.553. The molecule has 0 aliphatic heterocycles. The molecular weight excluding hydrogens is 813 g/mol. The van der Waals surface area contributed by atoms with Gasteiger partial charge in [-0.05, 0) is 116 Å². The lowest BCUT2D eigenvalue weighted by Gasteiger charge is -2.18. The minimum absolute atomic E-state index is 0.0694. The second-order valence-electron chi connectivity index (χ2n) is 18.4. The Balaban J connectivity index is 4.30. The van der Waals surface area contributed by atoms with Crippen molar-refractivity contribution in [3.8, 4) is 0 Å². The number of carbonyl (C=O) groups excluding carboxylic acids is 2. The molecule has 0 aromatic heterocycles. The molecule has 0 N–H and O–H groups in total. The molecule has 0 rings (SSSR count). The van der Waals surface area contributed by atoms with Crippen LogP contribution in [0.25, 0.3) is 0 Å².